The summed E-state index contributed by atoms with van der Waals surface area (Å²) < 4.78 is 7.04. The molecule has 130 valence electrons. The Hall–Kier alpha value is -2.47. The summed E-state index contributed by atoms with van der Waals surface area (Å²) in [6, 6.07) is 9.45. The van der Waals surface area contributed by atoms with E-state index in [1.807, 2.05) is 29.6 Å². The molecule has 0 aliphatic heterocycles. The highest BCUT2D eigenvalue weighted by Crippen LogP contribution is 2.15. The SMILES string of the molecule is Cc1nc2sccc2c(=O)n1/N=C\c1ccc(OCCC(C)C)cc1. The number of ether oxygens (including phenoxy) is 1. The molecule has 0 N–H and O–H groups in total. The van der Waals surface area contributed by atoms with Crippen molar-refractivity contribution in [3.8, 4) is 5.75 Å². The maximum absolute atomic E-state index is 12.5. The highest BCUT2D eigenvalue weighted by atomic mass is 32.1. The molecular weight excluding hydrogens is 334 g/mol. The van der Waals surface area contributed by atoms with E-state index in [-0.39, 0.29) is 5.56 Å². The van der Waals surface area contributed by atoms with Crippen molar-refractivity contribution in [1.82, 2.24) is 9.66 Å². The number of benzene rings is 1. The second-order valence-electron chi connectivity index (χ2n) is 6.26. The van der Waals surface area contributed by atoms with Crippen LogP contribution in [0.5, 0.6) is 5.75 Å². The summed E-state index contributed by atoms with van der Waals surface area (Å²) >= 11 is 1.46. The van der Waals surface area contributed by atoms with Gasteiger partial charge in [0, 0.05) is 0 Å². The van der Waals surface area contributed by atoms with E-state index in [9.17, 15) is 4.79 Å². The molecule has 0 saturated carbocycles. The highest BCUT2D eigenvalue weighted by Gasteiger charge is 2.07. The average Bonchev–Trinajstić information content (AvgIpc) is 3.04. The van der Waals surface area contributed by atoms with Crippen molar-refractivity contribution < 1.29 is 4.74 Å². The molecule has 3 aromatic rings. The minimum absolute atomic E-state index is 0.145. The maximum Gasteiger partial charge on any atom is 0.282 e. The van der Waals surface area contributed by atoms with Crippen molar-refractivity contribution >= 4 is 27.8 Å². The van der Waals surface area contributed by atoms with E-state index in [1.165, 1.54) is 16.0 Å². The molecule has 5 nitrogen and oxygen atoms in total. The molecule has 0 amide bonds. The number of hydrogen-bond donors (Lipinski definition) is 0. The Morgan fingerprint density at radius 1 is 1.28 bits per heavy atom. The Labute approximate surface area is 150 Å². The van der Waals surface area contributed by atoms with Gasteiger partial charge in [0.2, 0.25) is 0 Å². The summed E-state index contributed by atoms with van der Waals surface area (Å²) in [6.07, 6.45) is 2.69. The minimum Gasteiger partial charge on any atom is -0.494 e. The third kappa shape index (κ3) is 4.14. The standard InChI is InChI=1S/C19H21N3O2S/c1-13(2)8-10-24-16-6-4-15(5-7-16)12-20-22-14(3)21-18-17(19(22)23)9-11-25-18/h4-7,9,11-13H,8,10H2,1-3H3/b20-12-. The van der Waals surface area contributed by atoms with Crippen LogP contribution < -0.4 is 10.3 Å². The quantitative estimate of drug-likeness (QED) is 0.626. The van der Waals surface area contributed by atoms with Gasteiger partial charge in [-0.3, -0.25) is 4.79 Å². The molecule has 25 heavy (non-hydrogen) atoms. The van der Waals surface area contributed by atoms with Crippen LogP contribution in [-0.2, 0) is 0 Å². The van der Waals surface area contributed by atoms with Crippen molar-refractivity contribution in [3.63, 3.8) is 0 Å². The van der Waals surface area contributed by atoms with Crippen LogP contribution in [0.4, 0.5) is 0 Å². The van der Waals surface area contributed by atoms with Crippen LogP contribution in [0.3, 0.4) is 0 Å². The van der Waals surface area contributed by atoms with Gasteiger partial charge in [0.25, 0.3) is 5.56 Å². The van der Waals surface area contributed by atoms with Gasteiger partial charge in [-0.2, -0.15) is 9.78 Å². The second-order valence-corrected chi connectivity index (χ2v) is 7.15. The van der Waals surface area contributed by atoms with E-state index in [0.717, 1.165) is 22.6 Å². The minimum atomic E-state index is -0.145. The number of fused-ring (bicyclic) bond motifs is 1. The molecule has 0 bridgehead atoms. The van der Waals surface area contributed by atoms with Gasteiger partial charge < -0.3 is 4.74 Å². The van der Waals surface area contributed by atoms with Gasteiger partial charge in [-0.25, -0.2) is 4.98 Å². The number of aromatic nitrogens is 2. The van der Waals surface area contributed by atoms with Gasteiger partial charge in [0.1, 0.15) is 16.4 Å². The zero-order valence-corrected chi connectivity index (χ0v) is 15.4. The van der Waals surface area contributed by atoms with Crippen LogP contribution in [0.25, 0.3) is 10.2 Å². The van der Waals surface area contributed by atoms with Crippen LogP contribution in [0, 0.1) is 12.8 Å². The Morgan fingerprint density at radius 3 is 2.76 bits per heavy atom. The van der Waals surface area contributed by atoms with Gasteiger partial charge in [0.05, 0.1) is 18.2 Å². The van der Waals surface area contributed by atoms with Crippen molar-refractivity contribution in [1.29, 1.82) is 0 Å². The van der Waals surface area contributed by atoms with Crippen LogP contribution in [0.15, 0.2) is 45.6 Å². The van der Waals surface area contributed by atoms with E-state index in [4.69, 9.17) is 4.74 Å². The summed E-state index contributed by atoms with van der Waals surface area (Å²) in [6.45, 7) is 6.85. The Kier molecular flexibility index (Phi) is 5.28. The maximum atomic E-state index is 12.5. The van der Waals surface area contributed by atoms with Crippen molar-refractivity contribution in [2.75, 3.05) is 6.61 Å². The first-order chi connectivity index (χ1) is 12.0. The topological polar surface area (TPSA) is 56.5 Å². The zero-order valence-electron chi connectivity index (χ0n) is 14.6. The lowest BCUT2D eigenvalue weighted by Gasteiger charge is -2.08. The molecule has 0 atom stereocenters. The smallest absolute Gasteiger partial charge is 0.282 e. The molecule has 0 fully saturated rings. The molecule has 2 heterocycles. The van der Waals surface area contributed by atoms with Gasteiger partial charge in [0.15, 0.2) is 0 Å². The second kappa shape index (κ2) is 7.61. The van der Waals surface area contributed by atoms with Crippen LogP contribution in [0.2, 0.25) is 0 Å². The average molecular weight is 355 g/mol. The fourth-order valence-corrected chi connectivity index (χ4v) is 3.13. The number of aryl methyl sites for hydroxylation is 1. The summed E-state index contributed by atoms with van der Waals surface area (Å²) in [7, 11) is 0. The summed E-state index contributed by atoms with van der Waals surface area (Å²) in [5.74, 6) is 2.04. The largest absolute Gasteiger partial charge is 0.494 e. The fraction of sp³-hybridized carbons (Fsp3) is 0.316. The van der Waals surface area contributed by atoms with Crippen molar-refractivity contribution in [2.45, 2.75) is 27.2 Å². The lowest BCUT2D eigenvalue weighted by molar-refractivity contribution is 0.289. The summed E-state index contributed by atoms with van der Waals surface area (Å²) in [5, 5.41) is 6.77. The first kappa shape index (κ1) is 17.4. The fourth-order valence-electron chi connectivity index (χ4n) is 2.33. The predicted octanol–water partition coefficient (Wildman–Crippen LogP) is 4.07. The van der Waals surface area contributed by atoms with E-state index in [0.29, 0.717) is 23.7 Å². The molecule has 0 saturated heterocycles. The normalized spacial score (nSPS) is 11.7. The molecule has 0 aliphatic rings. The third-order valence-corrected chi connectivity index (χ3v) is 4.61. The van der Waals surface area contributed by atoms with Crippen LogP contribution >= 0.6 is 11.3 Å². The Bertz CT molecular complexity index is 939. The predicted molar refractivity (Wildman–Crippen MR) is 103 cm³/mol. The van der Waals surface area contributed by atoms with E-state index in [1.54, 1.807) is 19.2 Å². The number of rotatable bonds is 6. The molecule has 2 aromatic heterocycles. The van der Waals surface area contributed by atoms with Crippen molar-refractivity contribution in [2.24, 2.45) is 11.0 Å². The first-order valence-electron chi connectivity index (χ1n) is 8.28. The number of hydrogen-bond acceptors (Lipinski definition) is 5. The van der Waals surface area contributed by atoms with Crippen LogP contribution in [0.1, 0.15) is 31.7 Å². The lowest BCUT2D eigenvalue weighted by Crippen LogP contribution is -2.19. The molecule has 0 radical (unpaired) electrons. The van der Waals surface area contributed by atoms with Crippen LogP contribution in [-0.4, -0.2) is 22.5 Å². The van der Waals surface area contributed by atoms with E-state index >= 15 is 0 Å². The monoisotopic (exact) mass is 355 g/mol. The highest BCUT2D eigenvalue weighted by molar-refractivity contribution is 7.16. The van der Waals surface area contributed by atoms with E-state index in [2.05, 4.69) is 23.9 Å². The first-order valence-corrected chi connectivity index (χ1v) is 9.16. The van der Waals surface area contributed by atoms with Crippen molar-refractivity contribution in [3.05, 3.63) is 57.5 Å². The Morgan fingerprint density at radius 2 is 2.04 bits per heavy atom. The molecule has 0 unspecified atom stereocenters. The molecule has 1 aromatic carbocycles. The molecular formula is C19H21N3O2S. The third-order valence-electron chi connectivity index (χ3n) is 3.80. The zero-order chi connectivity index (χ0) is 17.8. The van der Waals surface area contributed by atoms with Gasteiger partial charge in [-0.05, 0) is 60.5 Å². The molecule has 6 heteroatoms. The lowest BCUT2D eigenvalue weighted by atomic mass is 10.1. The number of thiophene rings is 1. The molecule has 3 rings (SSSR count). The summed E-state index contributed by atoms with van der Waals surface area (Å²) in [5.41, 5.74) is 0.751. The number of nitrogens with zero attached hydrogens (tertiary/aromatic N) is 3. The molecule has 0 aliphatic carbocycles. The molecule has 0 spiro atoms. The Balaban J connectivity index is 1.75. The van der Waals surface area contributed by atoms with Gasteiger partial charge in [-0.15, -0.1) is 11.3 Å². The van der Waals surface area contributed by atoms with E-state index < -0.39 is 0 Å². The van der Waals surface area contributed by atoms with Gasteiger partial charge in [-0.1, -0.05) is 13.8 Å². The summed E-state index contributed by atoms with van der Waals surface area (Å²) in [4.78, 5) is 17.6. The van der Waals surface area contributed by atoms with Gasteiger partial charge >= 0.3 is 0 Å².